The van der Waals surface area contributed by atoms with Crippen LogP contribution in [0.25, 0.3) is 0 Å². The lowest BCUT2D eigenvalue weighted by Gasteiger charge is -2.31. The van der Waals surface area contributed by atoms with Gasteiger partial charge in [-0.3, -0.25) is 4.79 Å². The lowest BCUT2D eigenvalue weighted by molar-refractivity contribution is -0.163. The molecular weight excluding hydrogens is 212 g/mol. The molecule has 1 fully saturated rings. The lowest BCUT2D eigenvalue weighted by Crippen LogP contribution is -2.33. The summed E-state index contributed by atoms with van der Waals surface area (Å²) in [5, 5.41) is 0. The Morgan fingerprint density at radius 2 is 1.35 bits per heavy atom. The van der Waals surface area contributed by atoms with Crippen molar-refractivity contribution in [3.05, 3.63) is 0 Å². The molecule has 1 rings (SSSR count). The number of rotatable bonds is 2. The van der Waals surface area contributed by atoms with Crippen molar-refractivity contribution < 1.29 is 9.53 Å². The molecule has 0 aromatic carbocycles. The van der Waals surface area contributed by atoms with Gasteiger partial charge in [-0.2, -0.15) is 0 Å². The van der Waals surface area contributed by atoms with Crippen molar-refractivity contribution in [1.29, 1.82) is 0 Å². The summed E-state index contributed by atoms with van der Waals surface area (Å²) in [7, 11) is 0. The molecular formula is C15H28O2. The highest BCUT2D eigenvalue weighted by molar-refractivity contribution is 5.72. The van der Waals surface area contributed by atoms with Crippen molar-refractivity contribution in [2.75, 3.05) is 0 Å². The van der Waals surface area contributed by atoms with Gasteiger partial charge in [0.15, 0.2) is 0 Å². The van der Waals surface area contributed by atoms with Crippen molar-refractivity contribution in [2.24, 2.45) is 5.92 Å². The Labute approximate surface area is 106 Å². The van der Waals surface area contributed by atoms with Crippen molar-refractivity contribution in [3.8, 4) is 0 Å². The summed E-state index contributed by atoms with van der Waals surface area (Å²) in [5.74, 6) is -0.0493. The van der Waals surface area contributed by atoms with Gasteiger partial charge in [-0.05, 0) is 32.6 Å². The molecule has 0 saturated heterocycles. The number of esters is 1. The minimum atomic E-state index is -0.210. The zero-order chi connectivity index (χ0) is 12.7. The van der Waals surface area contributed by atoms with E-state index in [0.29, 0.717) is 0 Å². The number of hydrogen-bond acceptors (Lipinski definition) is 2. The molecule has 0 radical (unpaired) electrons. The molecule has 0 unspecified atom stereocenters. The molecule has 0 heterocycles. The highest BCUT2D eigenvalue weighted by atomic mass is 16.6. The maximum absolute atomic E-state index is 11.7. The molecule has 1 aliphatic rings. The van der Waals surface area contributed by atoms with E-state index < -0.39 is 0 Å². The van der Waals surface area contributed by atoms with Gasteiger partial charge in [0.1, 0.15) is 5.60 Å². The molecule has 0 amide bonds. The summed E-state index contributed by atoms with van der Waals surface area (Å²) < 4.78 is 5.73. The van der Waals surface area contributed by atoms with Crippen LogP contribution in [-0.4, -0.2) is 11.6 Å². The fraction of sp³-hybridized carbons (Fsp3) is 0.933. The van der Waals surface area contributed by atoms with Gasteiger partial charge < -0.3 is 4.74 Å². The summed E-state index contributed by atoms with van der Waals surface area (Å²) in [4.78, 5) is 11.7. The highest BCUT2D eigenvalue weighted by Gasteiger charge is 2.29. The molecule has 0 spiro atoms. The third-order valence-electron chi connectivity index (χ3n) is 3.73. The monoisotopic (exact) mass is 240 g/mol. The first-order valence-electron chi connectivity index (χ1n) is 7.26. The molecule has 0 aliphatic heterocycles. The second-order valence-corrected chi connectivity index (χ2v) is 6.00. The predicted molar refractivity (Wildman–Crippen MR) is 70.9 cm³/mol. The number of hydrogen-bond donors (Lipinski definition) is 0. The SMILES string of the molecule is CC(C)C(=O)OC1(C)CCCCCCCCC1. The average Bonchev–Trinajstić information content (AvgIpc) is 2.27. The number of carbonyl (C=O) groups excluding carboxylic acids is 1. The van der Waals surface area contributed by atoms with Gasteiger partial charge in [-0.25, -0.2) is 0 Å². The molecule has 0 aromatic rings. The van der Waals surface area contributed by atoms with Crippen LogP contribution in [0.2, 0.25) is 0 Å². The summed E-state index contributed by atoms with van der Waals surface area (Å²) in [5.41, 5.74) is -0.210. The maximum Gasteiger partial charge on any atom is 0.308 e. The molecule has 0 aromatic heterocycles. The van der Waals surface area contributed by atoms with E-state index in [1.54, 1.807) is 0 Å². The Hall–Kier alpha value is -0.530. The smallest absolute Gasteiger partial charge is 0.308 e. The molecule has 1 aliphatic carbocycles. The molecule has 100 valence electrons. The number of carbonyl (C=O) groups is 1. The summed E-state index contributed by atoms with van der Waals surface area (Å²) in [6.45, 7) is 5.94. The highest BCUT2D eigenvalue weighted by Crippen LogP contribution is 2.29. The third-order valence-corrected chi connectivity index (χ3v) is 3.73. The Balaban J connectivity index is 2.51. The number of ether oxygens (including phenoxy) is 1. The quantitative estimate of drug-likeness (QED) is 0.666. The van der Waals surface area contributed by atoms with E-state index in [4.69, 9.17) is 4.74 Å². The summed E-state index contributed by atoms with van der Waals surface area (Å²) in [6.07, 6.45) is 11.1. The Morgan fingerprint density at radius 3 is 1.76 bits per heavy atom. The van der Waals surface area contributed by atoms with Crippen LogP contribution in [0, 0.1) is 5.92 Å². The van der Waals surface area contributed by atoms with E-state index in [2.05, 4.69) is 6.92 Å². The zero-order valence-electron chi connectivity index (χ0n) is 11.8. The van der Waals surface area contributed by atoms with E-state index >= 15 is 0 Å². The van der Waals surface area contributed by atoms with Crippen LogP contribution < -0.4 is 0 Å². The van der Waals surface area contributed by atoms with Gasteiger partial charge in [-0.1, -0.05) is 46.0 Å². The minimum absolute atomic E-state index is 0.0118. The van der Waals surface area contributed by atoms with Crippen molar-refractivity contribution in [3.63, 3.8) is 0 Å². The van der Waals surface area contributed by atoms with Crippen LogP contribution in [0.3, 0.4) is 0 Å². The van der Waals surface area contributed by atoms with Gasteiger partial charge in [0.2, 0.25) is 0 Å². The molecule has 17 heavy (non-hydrogen) atoms. The van der Waals surface area contributed by atoms with Crippen LogP contribution in [0.1, 0.15) is 78.6 Å². The largest absolute Gasteiger partial charge is 0.459 e. The Bertz CT molecular complexity index is 223. The van der Waals surface area contributed by atoms with E-state index in [1.807, 2.05) is 13.8 Å². The normalized spacial score (nSPS) is 22.1. The average molecular weight is 240 g/mol. The molecule has 2 nitrogen and oxygen atoms in total. The van der Waals surface area contributed by atoms with Gasteiger partial charge >= 0.3 is 5.97 Å². The van der Waals surface area contributed by atoms with Crippen LogP contribution >= 0.6 is 0 Å². The van der Waals surface area contributed by atoms with Crippen LogP contribution in [-0.2, 0) is 9.53 Å². The Morgan fingerprint density at radius 1 is 0.941 bits per heavy atom. The summed E-state index contributed by atoms with van der Waals surface area (Å²) in [6, 6.07) is 0. The molecule has 2 heteroatoms. The van der Waals surface area contributed by atoms with Crippen LogP contribution in [0.4, 0.5) is 0 Å². The molecule has 0 N–H and O–H groups in total. The molecule has 0 bridgehead atoms. The fourth-order valence-corrected chi connectivity index (χ4v) is 2.47. The van der Waals surface area contributed by atoms with Crippen molar-refractivity contribution >= 4 is 5.97 Å². The first-order chi connectivity index (χ1) is 8.03. The molecule has 0 atom stereocenters. The standard InChI is InChI=1S/C15H28O2/c1-13(2)14(16)17-15(3)11-9-7-5-4-6-8-10-12-15/h13H,4-12H2,1-3H3. The predicted octanol–water partition coefficient (Wildman–Crippen LogP) is 4.47. The summed E-state index contributed by atoms with van der Waals surface area (Å²) >= 11 is 0. The topological polar surface area (TPSA) is 26.3 Å². The van der Waals surface area contributed by atoms with Gasteiger partial charge in [0.05, 0.1) is 5.92 Å². The third kappa shape index (κ3) is 5.56. The second kappa shape index (κ2) is 7.03. The fourth-order valence-electron chi connectivity index (χ4n) is 2.47. The first-order valence-corrected chi connectivity index (χ1v) is 7.26. The van der Waals surface area contributed by atoms with Gasteiger partial charge in [0.25, 0.3) is 0 Å². The second-order valence-electron chi connectivity index (χ2n) is 6.00. The van der Waals surface area contributed by atoms with Gasteiger partial charge in [-0.15, -0.1) is 0 Å². The van der Waals surface area contributed by atoms with Crippen LogP contribution in [0.5, 0.6) is 0 Å². The van der Waals surface area contributed by atoms with Crippen molar-refractivity contribution in [1.82, 2.24) is 0 Å². The van der Waals surface area contributed by atoms with E-state index in [0.717, 1.165) is 12.8 Å². The zero-order valence-corrected chi connectivity index (χ0v) is 11.8. The maximum atomic E-state index is 11.7. The van der Waals surface area contributed by atoms with E-state index in [9.17, 15) is 4.79 Å². The minimum Gasteiger partial charge on any atom is -0.459 e. The van der Waals surface area contributed by atoms with E-state index in [-0.39, 0.29) is 17.5 Å². The van der Waals surface area contributed by atoms with Crippen molar-refractivity contribution in [2.45, 2.75) is 84.2 Å². The Kier molecular flexibility index (Phi) is 6.01. The molecule has 1 saturated carbocycles. The first kappa shape index (κ1) is 14.5. The van der Waals surface area contributed by atoms with Crippen LogP contribution in [0.15, 0.2) is 0 Å². The van der Waals surface area contributed by atoms with E-state index in [1.165, 1.54) is 44.9 Å². The van der Waals surface area contributed by atoms with Gasteiger partial charge in [0, 0.05) is 0 Å². The lowest BCUT2D eigenvalue weighted by atomic mass is 9.89.